The second-order valence-corrected chi connectivity index (χ2v) is 4.21. The number of hydrogen-bond donors (Lipinski definition) is 0. The predicted octanol–water partition coefficient (Wildman–Crippen LogP) is 2.54. The van der Waals surface area contributed by atoms with Gasteiger partial charge in [-0.15, -0.1) is 0 Å². The highest BCUT2D eigenvalue weighted by Crippen LogP contribution is 2.41. The van der Waals surface area contributed by atoms with E-state index in [4.69, 9.17) is 23.5 Å². The molecule has 0 unspecified atom stereocenters. The summed E-state index contributed by atoms with van der Waals surface area (Å²) in [6, 6.07) is 4.91. The summed E-state index contributed by atoms with van der Waals surface area (Å²) in [5.74, 6) is 1.28. The molecule has 1 aromatic heterocycles. The molecule has 22 heavy (non-hydrogen) atoms. The van der Waals surface area contributed by atoms with Gasteiger partial charge in [-0.05, 0) is 19.1 Å². The van der Waals surface area contributed by atoms with Crippen LogP contribution >= 0.6 is 0 Å². The molecule has 7 nitrogen and oxygen atoms in total. The smallest absolute Gasteiger partial charge is 0.360 e. The zero-order chi connectivity index (χ0) is 16.1. The van der Waals surface area contributed by atoms with Crippen molar-refractivity contribution >= 4 is 5.97 Å². The van der Waals surface area contributed by atoms with E-state index in [0.29, 0.717) is 28.6 Å². The van der Waals surface area contributed by atoms with Crippen molar-refractivity contribution in [2.45, 2.75) is 6.92 Å². The minimum atomic E-state index is -0.537. The molecule has 0 N–H and O–H groups in total. The van der Waals surface area contributed by atoms with Crippen LogP contribution in [0.4, 0.5) is 0 Å². The van der Waals surface area contributed by atoms with Gasteiger partial charge in [-0.25, -0.2) is 4.79 Å². The zero-order valence-electron chi connectivity index (χ0n) is 12.8. The van der Waals surface area contributed by atoms with Gasteiger partial charge in [0.25, 0.3) is 0 Å². The third-order valence-corrected chi connectivity index (χ3v) is 2.94. The molecule has 0 aliphatic heterocycles. The summed E-state index contributed by atoms with van der Waals surface area (Å²) in [6.07, 6.45) is 0. The number of methoxy groups -OCH3 is 3. The molecule has 118 valence electrons. The Labute approximate surface area is 127 Å². The standard InChI is InChI=1S/C15H17NO6/c1-5-21-15(17)10-8-11(22-16-10)9-6-12(18-2)14(20-4)13(7-9)19-3/h6-8H,5H2,1-4H3. The number of rotatable bonds is 6. The Kier molecular flexibility index (Phi) is 4.88. The van der Waals surface area contributed by atoms with E-state index in [2.05, 4.69) is 5.16 Å². The first kappa shape index (κ1) is 15.7. The van der Waals surface area contributed by atoms with Gasteiger partial charge >= 0.3 is 5.97 Å². The van der Waals surface area contributed by atoms with E-state index in [1.165, 1.54) is 27.4 Å². The molecular weight excluding hydrogens is 290 g/mol. The molecule has 0 atom stereocenters. The van der Waals surface area contributed by atoms with Gasteiger partial charge in [0.1, 0.15) is 0 Å². The van der Waals surface area contributed by atoms with Gasteiger partial charge in [0.05, 0.1) is 27.9 Å². The number of ether oxygens (including phenoxy) is 4. The first-order chi connectivity index (χ1) is 10.6. The molecule has 2 rings (SSSR count). The van der Waals surface area contributed by atoms with Crippen molar-refractivity contribution in [3.8, 4) is 28.6 Å². The molecule has 1 heterocycles. The van der Waals surface area contributed by atoms with Gasteiger partial charge in [-0.1, -0.05) is 5.16 Å². The normalized spacial score (nSPS) is 10.2. The minimum absolute atomic E-state index is 0.102. The molecule has 0 radical (unpaired) electrons. The Morgan fingerprint density at radius 1 is 1.09 bits per heavy atom. The highest BCUT2D eigenvalue weighted by Gasteiger charge is 2.19. The number of benzene rings is 1. The maximum Gasteiger partial charge on any atom is 0.360 e. The van der Waals surface area contributed by atoms with Crippen LogP contribution in [0.3, 0.4) is 0 Å². The van der Waals surface area contributed by atoms with Gasteiger partial charge in [0.15, 0.2) is 23.0 Å². The van der Waals surface area contributed by atoms with Gasteiger partial charge in [0, 0.05) is 11.6 Å². The Bertz CT molecular complexity index is 639. The maximum absolute atomic E-state index is 11.6. The average molecular weight is 307 g/mol. The first-order valence-electron chi connectivity index (χ1n) is 6.58. The van der Waals surface area contributed by atoms with Crippen LogP contribution < -0.4 is 14.2 Å². The van der Waals surface area contributed by atoms with Crippen molar-refractivity contribution in [1.82, 2.24) is 5.16 Å². The van der Waals surface area contributed by atoms with Crippen molar-refractivity contribution in [2.75, 3.05) is 27.9 Å². The van der Waals surface area contributed by atoms with Crippen molar-refractivity contribution in [3.05, 3.63) is 23.9 Å². The van der Waals surface area contributed by atoms with Gasteiger partial charge in [-0.2, -0.15) is 0 Å². The number of carbonyl (C=O) groups excluding carboxylic acids is 1. The number of esters is 1. The molecule has 7 heteroatoms. The van der Waals surface area contributed by atoms with Gasteiger partial charge in [-0.3, -0.25) is 0 Å². The van der Waals surface area contributed by atoms with Crippen LogP contribution in [-0.2, 0) is 4.74 Å². The quantitative estimate of drug-likeness (QED) is 0.759. The lowest BCUT2D eigenvalue weighted by molar-refractivity contribution is 0.0514. The zero-order valence-corrected chi connectivity index (χ0v) is 12.8. The highest BCUT2D eigenvalue weighted by molar-refractivity contribution is 5.88. The largest absolute Gasteiger partial charge is 0.493 e. The molecule has 0 bridgehead atoms. The lowest BCUT2D eigenvalue weighted by atomic mass is 10.1. The lowest BCUT2D eigenvalue weighted by Gasteiger charge is -2.12. The third kappa shape index (κ3) is 2.98. The number of carbonyl (C=O) groups is 1. The van der Waals surface area contributed by atoms with Crippen molar-refractivity contribution in [1.29, 1.82) is 0 Å². The third-order valence-electron chi connectivity index (χ3n) is 2.94. The van der Waals surface area contributed by atoms with Crippen LogP contribution in [0.1, 0.15) is 17.4 Å². The molecule has 0 amide bonds. The Morgan fingerprint density at radius 2 is 1.73 bits per heavy atom. The number of aromatic nitrogens is 1. The van der Waals surface area contributed by atoms with Gasteiger partial charge in [0.2, 0.25) is 5.75 Å². The van der Waals surface area contributed by atoms with E-state index in [9.17, 15) is 4.79 Å². The van der Waals surface area contributed by atoms with Gasteiger partial charge < -0.3 is 23.5 Å². The highest BCUT2D eigenvalue weighted by atomic mass is 16.5. The fraction of sp³-hybridized carbons (Fsp3) is 0.333. The van der Waals surface area contributed by atoms with Crippen LogP contribution in [0.15, 0.2) is 22.7 Å². The Hall–Kier alpha value is -2.70. The van der Waals surface area contributed by atoms with E-state index in [1.807, 2.05) is 0 Å². The molecule has 0 spiro atoms. The average Bonchev–Trinajstić information content (AvgIpc) is 3.03. The second-order valence-electron chi connectivity index (χ2n) is 4.21. The maximum atomic E-state index is 11.6. The van der Waals surface area contributed by atoms with E-state index in [0.717, 1.165) is 0 Å². The molecular formula is C15H17NO6. The molecule has 0 aliphatic rings. The van der Waals surface area contributed by atoms with E-state index in [1.54, 1.807) is 19.1 Å². The van der Waals surface area contributed by atoms with Crippen molar-refractivity contribution in [3.63, 3.8) is 0 Å². The lowest BCUT2D eigenvalue weighted by Crippen LogP contribution is -2.04. The molecule has 1 aromatic carbocycles. The minimum Gasteiger partial charge on any atom is -0.493 e. The first-order valence-corrected chi connectivity index (χ1v) is 6.58. The second kappa shape index (κ2) is 6.84. The van der Waals surface area contributed by atoms with Crippen molar-refractivity contribution in [2.24, 2.45) is 0 Å². The van der Waals surface area contributed by atoms with E-state index >= 15 is 0 Å². The Morgan fingerprint density at radius 3 is 2.23 bits per heavy atom. The Balaban J connectivity index is 2.42. The summed E-state index contributed by atoms with van der Waals surface area (Å²) in [7, 11) is 4.56. The summed E-state index contributed by atoms with van der Waals surface area (Å²) in [5, 5.41) is 3.70. The number of hydrogen-bond acceptors (Lipinski definition) is 7. The topological polar surface area (TPSA) is 80.0 Å². The van der Waals surface area contributed by atoms with Crippen LogP contribution in [0.5, 0.6) is 17.2 Å². The summed E-state index contributed by atoms with van der Waals surface area (Å²) >= 11 is 0. The van der Waals surface area contributed by atoms with E-state index in [-0.39, 0.29) is 12.3 Å². The van der Waals surface area contributed by atoms with Crippen LogP contribution in [0.25, 0.3) is 11.3 Å². The van der Waals surface area contributed by atoms with Crippen LogP contribution in [0.2, 0.25) is 0 Å². The fourth-order valence-corrected chi connectivity index (χ4v) is 1.94. The fourth-order valence-electron chi connectivity index (χ4n) is 1.94. The summed E-state index contributed by atoms with van der Waals surface area (Å²) < 4.78 is 25.9. The summed E-state index contributed by atoms with van der Waals surface area (Å²) in [4.78, 5) is 11.6. The number of nitrogens with zero attached hydrogens (tertiary/aromatic N) is 1. The predicted molar refractivity (Wildman–Crippen MR) is 77.6 cm³/mol. The van der Waals surface area contributed by atoms with Crippen LogP contribution in [-0.4, -0.2) is 39.1 Å². The molecule has 0 fully saturated rings. The molecule has 2 aromatic rings. The summed E-state index contributed by atoms with van der Waals surface area (Å²) in [5.41, 5.74) is 0.739. The summed E-state index contributed by atoms with van der Waals surface area (Å²) in [6.45, 7) is 1.99. The molecule has 0 saturated heterocycles. The molecule has 0 aliphatic carbocycles. The van der Waals surface area contributed by atoms with Crippen LogP contribution in [0, 0.1) is 0 Å². The van der Waals surface area contributed by atoms with Crippen molar-refractivity contribution < 1.29 is 28.3 Å². The monoisotopic (exact) mass is 307 g/mol. The molecule has 0 saturated carbocycles. The van der Waals surface area contributed by atoms with E-state index < -0.39 is 5.97 Å². The SMILES string of the molecule is CCOC(=O)c1cc(-c2cc(OC)c(OC)c(OC)c2)on1.